The highest BCUT2D eigenvalue weighted by Crippen LogP contribution is 2.44. The second-order valence-corrected chi connectivity index (χ2v) is 11.5. The highest BCUT2D eigenvalue weighted by atomic mass is 19.4. The van der Waals surface area contributed by atoms with Gasteiger partial charge in [0.2, 0.25) is 11.7 Å². The lowest BCUT2D eigenvalue weighted by Gasteiger charge is -2.49. The topological polar surface area (TPSA) is 91.8 Å². The molecule has 3 aromatic heterocycles. The van der Waals surface area contributed by atoms with Gasteiger partial charge in [0.05, 0.1) is 29.7 Å². The number of rotatable bonds is 6. The molecule has 7 rings (SSSR count). The van der Waals surface area contributed by atoms with Crippen LogP contribution in [0.15, 0.2) is 47.2 Å². The highest BCUT2D eigenvalue weighted by molar-refractivity contribution is 6.09. The molecule has 1 aromatic carbocycles. The first kappa shape index (κ1) is 25.9. The third-order valence-corrected chi connectivity index (χ3v) is 8.30. The third-order valence-electron chi connectivity index (χ3n) is 8.30. The van der Waals surface area contributed by atoms with E-state index < -0.39 is 18.9 Å². The van der Waals surface area contributed by atoms with Gasteiger partial charge in [-0.05, 0) is 50.1 Å². The van der Waals surface area contributed by atoms with Gasteiger partial charge in [-0.25, -0.2) is 8.91 Å². The zero-order valence-corrected chi connectivity index (χ0v) is 22.2. The maximum Gasteiger partial charge on any atom is 0.401 e. The number of likely N-dealkylation sites (tertiary alicyclic amines) is 1. The normalized spacial score (nSPS) is 21.9. The van der Waals surface area contributed by atoms with E-state index in [0.717, 1.165) is 17.7 Å². The van der Waals surface area contributed by atoms with Gasteiger partial charge in [0.25, 0.3) is 5.91 Å². The van der Waals surface area contributed by atoms with E-state index in [1.807, 2.05) is 31.2 Å². The van der Waals surface area contributed by atoms with E-state index >= 15 is 0 Å². The summed E-state index contributed by atoms with van der Waals surface area (Å²) in [6.45, 7) is 3.23. The van der Waals surface area contributed by atoms with E-state index in [2.05, 4.69) is 25.5 Å². The van der Waals surface area contributed by atoms with Crippen LogP contribution in [0.5, 0.6) is 0 Å². The number of fused-ring (bicyclic) bond motifs is 1. The fraction of sp³-hybridized carbons (Fsp3) is 0.429. The summed E-state index contributed by atoms with van der Waals surface area (Å²) in [6, 6.07) is 9.19. The van der Waals surface area contributed by atoms with Crippen molar-refractivity contribution in [3.05, 3.63) is 59.7 Å². The molecule has 1 aliphatic carbocycles. The Kier molecular flexibility index (Phi) is 5.86. The van der Waals surface area contributed by atoms with Gasteiger partial charge in [0, 0.05) is 48.2 Å². The molecular weight excluding hydrogens is 542 g/mol. The Morgan fingerprint density at radius 3 is 2.76 bits per heavy atom. The second-order valence-electron chi connectivity index (χ2n) is 11.5. The van der Waals surface area contributed by atoms with Crippen LogP contribution in [0.1, 0.15) is 40.6 Å². The summed E-state index contributed by atoms with van der Waals surface area (Å²) in [5.74, 6) is -0.0830. The number of nitrogens with one attached hydrogen (secondary N) is 1. The van der Waals surface area contributed by atoms with Crippen molar-refractivity contribution in [3.8, 4) is 11.4 Å². The van der Waals surface area contributed by atoms with Crippen LogP contribution < -0.4 is 10.2 Å². The first-order chi connectivity index (χ1) is 19.6. The Balaban J connectivity index is 1.06. The molecule has 0 bridgehead atoms. The molecule has 3 aliphatic rings. The lowest BCUT2D eigenvalue weighted by molar-refractivity contribution is -0.144. The van der Waals surface area contributed by atoms with Gasteiger partial charge in [-0.2, -0.15) is 23.3 Å². The van der Waals surface area contributed by atoms with Gasteiger partial charge in [0.15, 0.2) is 0 Å². The van der Waals surface area contributed by atoms with E-state index in [9.17, 15) is 22.4 Å². The number of amides is 1. The number of alkyl halides is 4. The minimum absolute atomic E-state index is 0.133. The standard InChI is InChI=1S/C28H27F4N7O2/c1-16-2-3-17(24-35-26(41-36-24)19-10-21(19)29)8-22(16)34-25(40)20-11-33-39-6-4-18(9-23(20)39)38-13-27(14-38)5-7-37(12-27)15-28(30,31)32/h2-4,6,8-9,11,19,21H,5,7,10,12-15H2,1H3,(H,34,40)/t19-,21-/m0/s1. The van der Waals surface area contributed by atoms with Crippen LogP contribution in [-0.4, -0.2) is 75.6 Å². The zero-order chi connectivity index (χ0) is 28.5. The Morgan fingerprint density at radius 1 is 1.20 bits per heavy atom. The van der Waals surface area contributed by atoms with Crippen molar-refractivity contribution < 1.29 is 26.9 Å². The van der Waals surface area contributed by atoms with Gasteiger partial charge >= 0.3 is 6.18 Å². The second kappa shape index (κ2) is 9.26. The van der Waals surface area contributed by atoms with Gasteiger partial charge in [-0.1, -0.05) is 17.3 Å². The van der Waals surface area contributed by atoms with Crippen molar-refractivity contribution in [1.29, 1.82) is 0 Å². The molecule has 13 heteroatoms. The number of hydrogen-bond acceptors (Lipinski definition) is 7. The largest absolute Gasteiger partial charge is 0.401 e. The zero-order valence-electron chi connectivity index (χ0n) is 22.2. The quantitative estimate of drug-likeness (QED) is 0.332. The van der Waals surface area contributed by atoms with Crippen molar-refractivity contribution in [2.45, 2.75) is 38.0 Å². The third kappa shape index (κ3) is 4.92. The number of pyridine rings is 1. The molecule has 1 amide bonds. The maximum absolute atomic E-state index is 13.4. The fourth-order valence-corrected chi connectivity index (χ4v) is 5.97. The van der Waals surface area contributed by atoms with Crippen LogP contribution in [0.25, 0.3) is 16.9 Å². The average molecular weight is 570 g/mol. The number of carbonyl (C=O) groups is 1. The SMILES string of the molecule is Cc1ccc(-c2noc([C@H]3C[C@@H]3F)n2)cc1NC(=O)c1cnn2ccc(N3CC4(CCN(CC(F)(F)F)C4)C3)cc12. The summed E-state index contributed by atoms with van der Waals surface area (Å²) in [7, 11) is 0. The van der Waals surface area contributed by atoms with Crippen molar-refractivity contribution in [2.75, 3.05) is 42.9 Å². The lowest BCUT2D eigenvalue weighted by Crippen LogP contribution is -2.58. The molecule has 2 saturated heterocycles. The van der Waals surface area contributed by atoms with Crippen LogP contribution >= 0.6 is 0 Å². The van der Waals surface area contributed by atoms with Gasteiger partial charge in [-0.3, -0.25) is 9.69 Å². The first-order valence-electron chi connectivity index (χ1n) is 13.5. The van der Waals surface area contributed by atoms with E-state index in [1.165, 1.54) is 11.1 Å². The van der Waals surface area contributed by atoms with Crippen LogP contribution in [0.4, 0.5) is 28.9 Å². The predicted octanol–water partition coefficient (Wildman–Crippen LogP) is 4.84. The molecule has 2 aliphatic heterocycles. The molecule has 1 saturated carbocycles. The van der Waals surface area contributed by atoms with E-state index in [1.54, 1.807) is 16.8 Å². The monoisotopic (exact) mass is 569 g/mol. The molecule has 2 atom stereocenters. The lowest BCUT2D eigenvalue weighted by atomic mass is 9.79. The van der Waals surface area contributed by atoms with Crippen LogP contribution in [-0.2, 0) is 0 Å². The first-order valence-corrected chi connectivity index (χ1v) is 13.5. The molecule has 0 unspecified atom stereocenters. The Hall–Kier alpha value is -4.00. The fourth-order valence-electron chi connectivity index (χ4n) is 5.97. The van der Waals surface area contributed by atoms with Crippen molar-refractivity contribution in [3.63, 3.8) is 0 Å². The molecule has 0 radical (unpaired) electrons. The van der Waals surface area contributed by atoms with Gasteiger partial charge in [-0.15, -0.1) is 0 Å². The van der Waals surface area contributed by atoms with Gasteiger partial charge < -0.3 is 14.7 Å². The van der Waals surface area contributed by atoms with Crippen LogP contribution in [0, 0.1) is 12.3 Å². The smallest absolute Gasteiger partial charge is 0.370 e. The van der Waals surface area contributed by atoms with Crippen molar-refractivity contribution in [2.24, 2.45) is 5.41 Å². The molecule has 214 valence electrons. The van der Waals surface area contributed by atoms with E-state index in [0.29, 0.717) is 60.8 Å². The Labute approximate surface area is 232 Å². The summed E-state index contributed by atoms with van der Waals surface area (Å²) in [5.41, 5.74) is 3.79. The van der Waals surface area contributed by atoms with E-state index in [4.69, 9.17) is 4.52 Å². The Morgan fingerprint density at radius 2 is 2.00 bits per heavy atom. The highest BCUT2D eigenvalue weighted by Gasteiger charge is 2.49. The summed E-state index contributed by atoms with van der Waals surface area (Å²) in [5, 5.41) is 11.2. The number of benzene rings is 1. The molecule has 1 N–H and O–H groups in total. The molecular formula is C28H27F4N7O2. The number of nitrogens with zero attached hydrogens (tertiary/aromatic N) is 6. The molecule has 9 nitrogen and oxygen atoms in total. The summed E-state index contributed by atoms with van der Waals surface area (Å²) in [6.07, 6.45) is -0.725. The van der Waals surface area contributed by atoms with Crippen molar-refractivity contribution in [1.82, 2.24) is 24.7 Å². The Bertz CT molecular complexity index is 1640. The number of anilines is 2. The summed E-state index contributed by atoms with van der Waals surface area (Å²) in [4.78, 5) is 21.3. The molecule has 5 heterocycles. The number of halogens is 4. The minimum Gasteiger partial charge on any atom is -0.370 e. The van der Waals surface area contributed by atoms with Crippen molar-refractivity contribution >= 4 is 22.8 Å². The molecule has 4 aromatic rings. The number of hydrogen-bond donors (Lipinski definition) is 1. The predicted molar refractivity (Wildman–Crippen MR) is 142 cm³/mol. The number of carbonyl (C=O) groups excluding carboxylic acids is 1. The maximum atomic E-state index is 13.4. The van der Waals surface area contributed by atoms with E-state index in [-0.39, 0.29) is 23.1 Å². The molecule has 3 fully saturated rings. The number of aryl methyl sites for hydroxylation is 1. The minimum atomic E-state index is -4.19. The summed E-state index contributed by atoms with van der Waals surface area (Å²) < 4.78 is 58.7. The number of aromatic nitrogens is 4. The summed E-state index contributed by atoms with van der Waals surface area (Å²) >= 11 is 0. The van der Waals surface area contributed by atoms with Crippen LogP contribution in [0.3, 0.4) is 0 Å². The average Bonchev–Trinajstić information content (AvgIpc) is 3.29. The molecule has 41 heavy (non-hydrogen) atoms. The molecule has 1 spiro atoms. The van der Waals surface area contributed by atoms with Gasteiger partial charge in [0.1, 0.15) is 6.17 Å². The van der Waals surface area contributed by atoms with Crippen LogP contribution in [0.2, 0.25) is 0 Å².